The minimum atomic E-state index is -1.31. The van der Waals surface area contributed by atoms with E-state index < -0.39 is 17.5 Å². The van der Waals surface area contributed by atoms with Gasteiger partial charge in [0.25, 0.3) is 5.91 Å². The Kier molecular flexibility index (Phi) is 6.14. The van der Waals surface area contributed by atoms with Gasteiger partial charge in [-0.2, -0.15) is 0 Å². The average molecular weight is 349 g/mol. The number of fused-ring (bicyclic) bond motifs is 1. The highest BCUT2D eigenvalue weighted by atomic mass is 16.6. The van der Waals surface area contributed by atoms with E-state index in [1.165, 1.54) is 19.1 Å². The summed E-state index contributed by atoms with van der Waals surface area (Å²) in [6.45, 7) is 2.37. The van der Waals surface area contributed by atoms with Gasteiger partial charge in [-0.25, -0.2) is 4.79 Å². The molecule has 0 saturated carbocycles. The number of amides is 1. The van der Waals surface area contributed by atoms with Crippen LogP contribution in [0.25, 0.3) is 0 Å². The fourth-order valence-electron chi connectivity index (χ4n) is 2.83. The summed E-state index contributed by atoms with van der Waals surface area (Å²) in [7, 11) is 2.83. The van der Waals surface area contributed by atoms with E-state index in [4.69, 9.17) is 9.47 Å². The van der Waals surface area contributed by atoms with Crippen LogP contribution in [0.4, 0.5) is 0 Å². The lowest BCUT2D eigenvalue weighted by Crippen LogP contribution is -2.54. The predicted octanol–water partition coefficient (Wildman–Crippen LogP) is 1.20. The number of nitrogens with zero attached hydrogens (tertiary/aromatic N) is 1. The van der Waals surface area contributed by atoms with Crippen molar-refractivity contribution < 1.29 is 28.6 Å². The quantitative estimate of drug-likeness (QED) is 0.688. The highest BCUT2D eigenvalue weighted by Gasteiger charge is 2.44. The standard InChI is InChI=1S/C18H23NO6/c1-18(12-13-6-4-5-7-14(13)16(21)25-18)17(22)19(10-11-23-2)9-8-15(20)24-3/h4-7H,8-12H2,1-3H3. The first-order valence-electron chi connectivity index (χ1n) is 8.07. The minimum Gasteiger partial charge on any atom is -0.469 e. The normalized spacial score (nSPS) is 18.9. The Hall–Kier alpha value is -2.41. The van der Waals surface area contributed by atoms with Crippen molar-refractivity contribution in [2.24, 2.45) is 0 Å². The molecule has 7 heteroatoms. The summed E-state index contributed by atoms with van der Waals surface area (Å²) in [4.78, 5) is 38.2. The van der Waals surface area contributed by atoms with E-state index in [0.29, 0.717) is 18.7 Å². The molecule has 1 aliphatic rings. The number of esters is 2. The molecule has 0 radical (unpaired) electrons. The number of hydrogen-bond donors (Lipinski definition) is 0. The second kappa shape index (κ2) is 8.11. The molecule has 136 valence electrons. The van der Waals surface area contributed by atoms with Gasteiger partial charge in [-0.1, -0.05) is 18.2 Å². The number of benzene rings is 1. The molecule has 0 bridgehead atoms. The van der Waals surface area contributed by atoms with Gasteiger partial charge in [0, 0.05) is 26.6 Å². The number of cyclic esters (lactones) is 1. The molecule has 0 saturated heterocycles. The summed E-state index contributed by atoms with van der Waals surface area (Å²) in [6, 6.07) is 7.07. The molecule has 1 unspecified atom stereocenters. The van der Waals surface area contributed by atoms with E-state index in [1.807, 2.05) is 12.1 Å². The van der Waals surface area contributed by atoms with Crippen molar-refractivity contribution in [2.45, 2.75) is 25.4 Å². The first-order valence-corrected chi connectivity index (χ1v) is 8.07. The molecule has 0 aromatic heterocycles. The maximum Gasteiger partial charge on any atom is 0.339 e. The van der Waals surface area contributed by atoms with Crippen LogP contribution in [0.15, 0.2) is 24.3 Å². The smallest absolute Gasteiger partial charge is 0.339 e. The van der Waals surface area contributed by atoms with Crippen LogP contribution in [0, 0.1) is 0 Å². The van der Waals surface area contributed by atoms with E-state index in [0.717, 1.165) is 5.56 Å². The van der Waals surface area contributed by atoms with Crippen molar-refractivity contribution >= 4 is 17.8 Å². The molecule has 25 heavy (non-hydrogen) atoms. The van der Waals surface area contributed by atoms with E-state index in [9.17, 15) is 14.4 Å². The SMILES string of the molecule is COCCN(CCC(=O)OC)C(=O)C1(C)Cc2ccccc2C(=O)O1. The topological polar surface area (TPSA) is 82.1 Å². The third-order valence-corrected chi connectivity index (χ3v) is 4.20. The predicted molar refractivity (Wildman–Crippen MR) is 89.1 cm³/mol. The van der Waals surface area contributed by atoms with E-state index in [2.05, 4.69) is 4.74 Å². The van der Waals surface area contributed by atoms with Crippen molar-refractivity contribution in [3.8, 4) is 0 Å². The lowest BCUT2D eigenvalue weighted by Gasteiger charge is -2.37. The van der Waals surface area contributed by atoms with Gasteiger partial charge >= 0.3 is 11.9 Å². The van der Waals surface area contributed by atoms with E-state index in [1.54, 1.807) is 19.1 Å². The molecule has 1 aliphatic heterocycles. The van der Waals surface area contributed by atoms with Gasteiger partial charge in [0.1, 0.15) is 0 Å². The highest BCUT2D eigenvalue weighted by Crippen LogP contribution is 2.29. The Balaban J connectivity index is 2.19. The summed E-state index contributed by atoms with van der Waals surface area (Å²) in [5.74, 6) is -1.28. The van der Waals surface area contributed by atoms with E-state index in [-0.39, 0.29) is 25.3 Å². The number of hydrogen-bond acceptors (Lipinski definition) is 6. The van der Waals surface area contributed by atoms with Crippen LogP contribution in [0.3, 0.4) is 0 Å². The first kappa shape index (κ1) is 18.9. The number of methoxy groups -OCH3 is 2. The highest BCUT2D eigenvalue weighted by molar-refractivity contribution is 5.97. The second-order valence-electron chi connectivity index (χ2n) is 6.07. The maximum absolute atomic E-state index is 13.0. The van der Waals surface area contributed by atoms with Gasteiger partial charge in [-0.15, -0.1) is 0 Å². The van der Waals surface area contributed by atoms with Gasteiger partial charge in [0.2, 0.25) is 0 Å². The fraction of sp³-hybridized carbons (Fsp3) is 0.500. The number of carbonyl (C=O) groups excluding carboxylic acids is 3. The molecular weight excluding hydrogens is 326 g/mol. The molecule has 0 N–H and O–H groups in total. The van der Waals surface area contributed by atoms with Gasteiger partial charge in [0.15, 0.2) is 5.60 Å². The molecule has 7 nitrogen and oxygen atoms in total. The summed E-state index contributed by atoms with van der Waals surface area (Å²) >= 11 is 0. The Morgan fingerprint density at radius 2 is 1.96 bits per heavy atom. The Bertz CT molecular complexity index is 659. The zero-order valence-electron chi connectivity index (χ0n) is 14.7. The zero-order valence-corrected chi connectivity index (χ0v) is 14.7. The molecule has 2 rings (SSSR count). The van der Waals surface area contributed by atoms with Crippen molar-refractivity contribution in [2.75, 3.05) is 33.9 Å². The van der Waals surface area contributed by atoms with Crippen LogP contribution in [-0.4, -0.2) is 62.3 Å². The van der Waals surface area contributed by atoms with Crippen molar-refractivity contribution in [1.29, 1.82) is 0 Å². The summed E-state index contributed by atoms with van der Waals surface area (Å²) < 4.78 is 15.1. The number of rotatable bonds is 7. The molecule has 1 aromatic rings. The minimum absolute atomic E-state index is 0.0621. The Morgan fingerprint density at radius 3 is 2.64 bits per heavy atom. The Morgan fingerprint density at radius 1 is 1.24 bits per heavy atom. The maximum atomic E-state index is 13.0. The van der Waals surface area contributed by atoms with Crippen LogP contribution in [-0.2, 0) is 30.2 Å². The molecule has 1 aromatic carbocycles. The van der Waals surface area contributed by atoms with Crippen molar-refractivity contribution in [3.05, 3.63) is 35.4 Å². The molecular formula is C18H23NO6. The van der Waals surface area contributed by atoms with Crippen LogP contribution in [0.1, 0.15) is 29.3 Å². The van der Waals surface area contributed by atoms with Gasteiger partial charge < -0.3 is 19.1 Å². The Labute approximate surface area is 146 Å². The monoisotopic (exact) mass is 349 g/mol. The van der Waals surface area contributed by atoms with Crippen LogP contribution >= 0.6 is 0 Å². The van der Waals surface area contributed by atoms with Gasteiger partial charge in [-0.05, 0) is 18.6 Å². The second-order valence-corrected chi connectivity index (χ2v) is 6.07. The first-order chi connectivity index (χ1) is 11.9. The van der Waals surface area contributed by atoms with Crippen LogP contribution in [0.2, 0.25) is 0 Å². The summed E-state index contributed by atoms with van der Waals surface area (Å²) in [5, 5.41) is 0. The number of carbonyl (C=O) groups is 3. The summed E-state index contributed by atoms with van der Waals surface area (Å²) in [6.07, 6.45) is 0.349. The zero-order chi connectivity index (χ0) is 18.4. The van der Waals surface area contributed by atoms with Crippen molar-refractivity contribution in [3.63, 3.8) is 0 Å². The molecule has 0 fully saturated rings. The molecule has 1 atom stereocenters. The molecule has 1 amide bonds. The lowest BCUT2D eigenvalue weighted by molar-refractivity contribution is -0.153. The third-order valence-electron chi connectivity index (χ3n) is 4.20. The summed E-state index contributed by atoms with van der Waals surface area (Å²) in [5.41, 5.74) is -0.0602. The van der Waals surface area contributed by atoms with Crippen molar-refractivity contribution in [1.82, 2.24) is 4.90 Å². The number of ether oxygens (including phenoxy) is 3. The molecule has 0 spiro atoms. The largest absolute Gasteiger partial charge is 0.469 e. The van der Waals surface area contributed by atoms with Gasteiger partial charge in [0.05, 0.1) is 25.7 Å². The van der Waals surface area contributed by atoms with Crippen LogP contribution < -0.4 is 0 Å². The van der Waals surface area contributed by atoms with E-state index >= 15 is 0 Å². The van der Waals surface area contributed by atoms with Crippen LogP contribution in [0.5, 0.6) is 0 Å². The lowest BCUT2D eigenvalue weighted by atomic mass is 9.89. The molecule has 0 aliphatic carbocycles. The molecule has 1 heterocycles. The average Bonchev–Trinajstić information content (AvgIpc) is 2.61. The third kappa shape index (κ3) is 4.36. The fourth-order valence-corrected chi connectivity index (χ4v) is 2.83. The van der Waals surface area contributed by atoms with Gasteiger partial charge in [-0.3, -0.25) is 9.59 Å².